The molecule has 1 rings (SSSR count). The normalized spacial score (nSPS) is 19.5. The third-order valence-corrected chi connectivity index (χ3v) is 3.84. The van der Waals surface area contributed by atoms with Crippen molar-refractivity contribution in [3.8, 4) is 0 Å². The maximum atomic E-state index is 5.50. The van der Waals surface area contributed by atoms with Gasteiger partial charge in [0.25, 0.3) is 0 Å². The standard InChI is InChI=1S/C13H29N3/c1-3-16-11-7-13(8-12-16)15(2)10-6-4-5-9-14/h13H,3-12,14H2,1-2H3. The predicted molar refractivity (Wildman–Crippen MR) is 70.7 cm³/mol. The van der Waals surface area contributed by atoms with Crippen molar-refractivity contribution in [2.24, 2.45) is 5.73 Å². The van der Waals surface area contributed by atoms with Crippen LogP contribution in [0.5, 0.6) is 0 Å². The number of nitrogens with two attached hydrogens (primary N) is 1. The van der Waals surface area contributed by atoms with E-state index in [1.54, 1.807) is 0 Å². The molecule has 0 amide bonds. The van der Waals surface area contributed by atoms with Crippen LogP contribution in [0.2, 0.25) is 0 Å². The number of nitrogens with zero attached hydrogens (tertiary/aromatic N) is 2. The van der Waals surface area contributed by atoms with Gasteiger partial charge < -0.3 is 15.5 Å². The summed E-state index contributed by atoms with van der Waals surface area (Å²) >= 11 is 0. The second-order valence-electron chi connectivity index (χ2n) is 5.00. The molecule has 1 heterocycles. The molecule has 1 fully saturated rings. The van der Waals surface area contributed by atoms with Crippen LogP contribution in [-0.4, -0.2) is 55.6 Å². The zero-order valence-corrected chi connectivity index (χ0v) is 11.1. The molecule has 0 aromatic heterocycles. The first-order valence-electron chi connectivity index (χ1n) is 6.90. The van der Waals surface area contributed by atoms with E-state index in [1.165, 1.54) is 58.3 Å². The Morgan fingerprint density at radius 1 is 1.19 bits per heavy atom. The number of likely N-dealkylation sites (tertiary alicyclic amines) is 1. The molecule has 2 N–H and O–H groups in total. The van der Waals surface area contributed by atoms with Gasteiger partial charge in [-0.15, -0.1) is 0 Å². The van der Waals surface area contributed by atoms with Crippen molar-refractivity contribution in [2.75, 3.05) is 39.8 Å². The molecule has 0 unspecified atom stereocenters. The minimum atomic E-state index is 0.820. The summed E-state index contributed by atoms with van der Waals surface area (Å²) in [6.45, 7) is 8.14. The van der Waals surface area contributed by atoms with E-state index >= 15 is 0 Å². The van der Waals surface area contributed by atoms with E-state index in [1.807, 2.05) is 0 Å². The molecule has 96 valence electrons. The second kappa shape index (κ2) is 8.04. The molecule has 0 spiro atoms. The molecule has 3 heteroatoms. The summed E-state index contributed by atoms with van der Waals surface area (Å²) in [7, 11) is 2.29. The summed E-state index contributed by atoms with van der Waals surface area (Å²) in [6, 6.07) is 0.820. The third-order valence-electron chi connectivity index (χ3n) is 3.84. The Balaban J connectivity index is 2.10. The van der Waals surface area contributed by atoms with E-state index in [9.17, 15) is 0 Å². The zero-order chi connectivity index (χ0) is 11.8. The van der Waals surface area contributed by atoms with Crippen LogP contribution in [-0.2, 0) is 0 Å². The van der Waals surface area contributed by atoms with Gasteiger partial charge in [-0.2, -0.15) is 0 Å². The number of piperidine rings is 1. The molecular formula is C13H29N3. The van der Waals surface area contributed by atoms with Crippen LogP contribution < -0.4 is 5.73 Å². The van der Waals surface area contributed by atoms with Gasteiger partial charge in [-0.1, -0.05) is 13.3 Å². The van der Waals surface area contributed by atoms with Crippen LogP contribution in [0, 0.1) is 0 Å². The van der Waals surface area contributed by atoms with Crippen molar-refractivity contribution in [1.29, 1.82) is 0 Å². The molecule has 1 aliphatic rings. The number of hydrogen-bond donors (Lipinski definition) is 1. The largest absolute Gasteiger partial charge is 0.330 e. The smallest absolute Gasteiger partial charge is 0.0117 e. The predicted octanol–water partition coefficient (Wildman–Crippen LogP) is 1.53. The Morgan fingerprint density at radius 3 is 2.44 bits per heavy atom. The molecule has 0 aromatic carbocycles. The van der Waals surface area contributed by atoms with Crippen molar-refractivity contribution >= 4 is 0 Å². The van der Waals surface area contributed by atoms with Gasteiger partial charge in [-0.3, -0.25) is 0 Å². The van der Waals surface area contributed by atoms with Gasteiger partial charge in [0.2, 0.25) is 0 Å². The lowest BCUT2D eigenvalue weighted by Gasteiger charge is -2.36. The molecule has 1 saturated heterocycles. The highest BCUT2D eigenvalue weighted by Crippen LogP contribution is 2.15. The van der Waals surface area contributed by atoms with Crippen LogP contribution in [0.4, 0.5) is 0 Å². The molecular weight excluding hydrogens is 198 g/mol. The molecule has 1 aliphatic heterocycles. The van der Waals surface area contributed by atoms with E-state index in [2.05, 4.69) is 23.8 Å². The molecule has 0 saturated carbocycles. The van der Waals surface area contributed by atoms with Crippen LogP contribution in [0.25, 0.3) is 0 Å². The summed E-state index contributed by atoms with van der Waals surface area (Å²) in [5.74, 6) is 0. The fourth-order valence-electron chi connectivity index (χ4n) is 2.54. The van der Waals surface area contributed by atoms with Gasteiger partial charge >= 0.3 is 0 Å². The van der Waals surface area contributed by atoms with Gasteiger partial charge in [0.15, 0.2) is 0 Å². The van der Waals surface area contributed by atoms with E-state index in [-0.39, 0.29) is 0 Å². The van der Waals surface area contributed by atoms with Gasteiger partial charge in [0, 0.05) is 6.04 Å². The zero-order valence-electron chi connectivity index (χ0n) is 11.1. The van der Waals surface area contributed by atoms with E-state index in [4.69, 9.17) is 5.73 Å². The summed E-state index contributed by atoms with van der Waals surface area (Å²) in [4.78, 5) is 5.11. The maximum absolute atomic E-state index is 5.50. The van der Waals surface area contributed by atoms with Gasteiger partial charge in [0.1, 0.15) is 0 Å². The number of hydrogen-bond acceptors (Lipinski definition) is 3. The molecule has 0 aliphatic carbocycles. The Morgan fingerprint density at radius 2 is 1.88 bits per heavy atom. The Bertz CT molecular complexity index is 165. The molecule has 0 radical (unpaired) electrons. The topological polar surface area (TPSA) is 32.5 Å². The van der Waals surface area contributed by atoms with Gasteiger partial charge in [-0.05, 0) is 65.5 Å². The molecule has 16 heavy (non-hydrogen) atoms. The summed E-state index contributed by atoms with van der Waals surface area (Å²) in [6.07, 6.45) is 6.47. The van der Waals surface area contributed by atoms with Crippen LogP contribution in [0.15, 0.2) is 0 Å². The Labute approximate surface area is 101 Å². The Hall–Kier alpha value is -0.120. The van der Waals surface area contributed by atoms with Crippen molar-refractivity contribution in [3.63, 3.8) is 0 Å². The van der Waals surface area contributed by atoms with E-state index in [0.717, 1.165) is 12.6 Å². The monoisotopic (exact) mass is 227 g/mol. The summed E-state index contributed by atoms with van der Waals surface area (Å²) in [5.41, 5.74) is 5.50. The lowest BCUT2D eigenvalue weighted by atomic mass is 10.0. The molecule has 0 atom stereocenters. The SMILES string of the molecule is CCN1CCC(N(C)CCCCCN)CC1. The van der Waals surface area contributed by atoms with Crippen LogP contribution in [0.1, 0.15) is 39.0 Å². The quantitative estimate of drug-likeness (QED) is 0.670. The van der Waals surface area contributed by atoms with Gasteiger partial charge in [-0.25, -0.2) is 0 Å². The maximum Gasteiger partial charge on any atom is 0.0117 e. The highest BCUT2D eigenvalue weighted by Gasteiger charge is 2.20. The molecule has 3 nitrogen and oxygen atoms in total. The highest BCUT2D eigenvalue weighted by atomic mass is 15.2. The fraction of sp³-hybridized carbons (Fsp3) is 1.00. The van der Waals surface area contributed by atoms with Crippen molar-refractivity contribution in [1.82, 2.24) is 9.80 Å². The van der Waals surface area contributed by atoms with E-state index in [0.29, 0.717) is 0 Å². The lowest BCUT2D eigenvalue weighted by Crippen LogP contribution is -2.43. The first-order valence-corrected chi connectivity index (χ1v) is 6.90. The third kappa shape index (κ3) is 4.81. The molecule has 0 bridgehead atoms. The number of unbranched alkanes of at least 4 members (excludes halogenated alkanes) is 2. The minimum Gasteiger partial charge on any atom is -0.330 e. The fourth-order valence-corrected chi connectivity index (χ4v) is 2.54. The average Bonchev–Trinajstić information content (AvgIpc) is 2.34. The summed E-state index contributed by atoms with van der Waals surface area (Å²) < 4.78 is 0. The Kier molecular flexibility index (Phi) is 7.01. The van der Waals surface area contributed by atoms with Crippen LogP contribution in [0.3, 0.4) is 0 Å². The van der Waals surface area contributed by atoms with Crippen molar-refractivity contribution in [2.45, 2.75) is 45.1 Å². The highest BCUT2D eigenvalue weighted by molar-refractivity contribution is 4.77. The first-order chi connectivity index (χ1) is 7.77. The minimum absolute atomic E-state index is 0.820. The first kappa shape index (κ1) is 13.9. The van der Waals surface area contributed by atoms with Gasteiger partial charge in [0.05, 0.1) is 0 Å². The lowest BCUT2D eigenvalue weighted by molar-refractivity contribution is 0.130. The average molecular weight is 227 g/mol. The van der Waals surface area contributed by atoms with E-state index < -0.39 is 0 Å². The van der Waals surface area contributed by atoms with Crippen LogP contribution >= 0.6 is 0 Å². The molecule has 0 aromatic rings. The second-order valence-corrected chi connectivity index (χ2v) is 5.00. The van der Waals surface area contributed by atoms with Crippen molar-refractivity contribution in [3.05, 3.63) is 0 Å². The number of rotatable bonds is 7. The van der Waals surface area contributed by atoms with Crippen molar-refractivity contribution < 1.29 is 0 Å². The summed E-state index contributed by atoms with van der Waals surface area (Å²) in [5, 5.41) is 0.